The van der Waals surface area contributed by atoms with E-state index < -0.39 is 11.8 Å². The van der Waals surface area contributed by atoms with E-state index in [0.717, 1.165) is 42.9 Å². The van der Waals surface area contributed by atoms with Crippen LogP contribution < -0.4 is 0 Å². The van der Waals surface area contributed by atoms with Gasteiger partial charge < -0.3 is 9.84 Å². The van der Waals surface area contributed by atoms with Crippen molar-refractivity contribution in [3.8, 4) is 0 Å². The van der Waals surface area contributed by atoms with Crippen LogP contribution in [0.25, 0.3) is 5.76 Å². The molecule has 1 N–H and O–H groups in total. The van der Waals surface area contributed by atoms with Crippen LogP contribution in [0.15, 0.2) is 48.5 Å². The normalized spacial score (nSPS) is 13.8. The van der Waals surface area contributed by atoms with Crippen molar-refractivity contribution in [1.29, 1.82) is 0 Å². The van der Waals surface area contributed by atoms with Gasteiger partial charge in [0.05, 0.1) is 6.61 Å². The maximum atomic E-state index is 11.9. The first-order valence-corrected chi connectivity index (χ1v) is 8.88. The van der Waals surface area contributed by atoms with Crippen molar-refractivity contribution >= 4 is 17.5 Å². The van der Waals surface area contributed by atoms with E-state index in [-0.39, 0.29) is 12.4 Å². The number of esters is 1. The second kappa shape index (κ2) is 8.00. The minimum atomic E-state index is -0.953. The van der Waals surface area contributed by atoms with Gasteiger partial charge >= 0.3 is 5.97 Å². The maximum absolute atomic E-state index is 11.9. The lowest BCUT2D eigenvalue weighted by Crippen LogP contribution is -2.15. The molecule has 0 unspecified atom stereocenters. The average molecular weight is 350 g/mol. The van der Waals surface area contributed by atoms with E-state index in [9.17, 15) is 14.7 Å². The number of carbonyl (C=O) groups is 2. The van der Waals surface area contributed by atoms with E-state index in [1.54, 1.807) is 6.92 Å². The van der Waals surface area contributed by atoms with E-state index in [4.69, 9.17) is 0 Å². The van der Waals surface area contributed by atoms with Gasteiger partial charge in [0.25, 0.3) is 5.78 Å². The van der Waals surface area contributed by atoms with Gasteiger partial charge in [-0.2, -0.15) is 0 Å². The van der Waals surface area contributed by atoms with E-state index in [2.05, 4.69) is 35.1 Å². The molecule has 2 aromatic carbocycles. The van der Waals surface area contributed by atoms with Crippen molar-refractivity contribution in [3.63, 3.8) is 0 Å². The zero-order valence-corrected chi connectivity index (χ0v) is 14.8. The smallest absolute Gasteiger partial charge is 0.379 e. The Kier molecular flexibility index (Phi) is 5.52. The quantitative estimate of drug-likeness (QED) is 0.396. The van der Waals surface area contributed by atoms with Crippen LogP contribution in [-0.4, -0.2) is 23.5 Å². The summed E-state index contributed by atoms with van der Waals surface area (Å²) in [6, 6.07) is 14.6. The second-order valence-electron chi connectivity index (χ2n) is 6.42. The molecule has 0 fully saturated rings. The van der Waals surface area contributed by atoms with Crippen LogP contribution in [0.1, 0.15) is 34.7 Å². The minimum Gasteiger partial charge on any atom is -0.507 e. The fourth-order valence-electron chi connectivity index (χ4n) is 3.14. The van der Waals surface area contributed by atoms with Gasteiger partial charge in [0, 0.05) is 11.6 Å². The Morgan fingerprint density at radius 3 is 2.19 bits per heavy atom. The third-order valence-corrected chi connectivity index (χ3v) is 4.60. The van der Waals surface area contributed by atoms with Crippen molar-refractivity contribution in [2.75, 3.05) is 6.61 Å². The highest BCUT2D eigenvalue weighted by Gasteiger charge is 2.16. The second-order valence-corrected chi connectivity index (χ2v) is 6.42. The molecule has 0 atom stereocenters. The number of benzene rings is 2. The van der Waals surface area contributed by atoms with Gasteiger partial charge in [-0.1, -0.05) is 36.4 Å². The van der Waals surface area contributed by atoms with Crippen molar-refractivity contribution in [3.05, 3.63) is 76.4 Å². The molecule has 0 saturated heterocycles. The number of rotatable bonds is 4. The number of hydrogen-bond donors (Lipinski definition) is 1. The summed E-state index contributed by atoms with van der Waals surface area (Å²) < 4.78 is 4.69. The standard InChI is InChI=1S/C22H22O4/c1-2-26-22(25)21(24)14-20(23)19-13-17-8-7-15-3-5-16(6-4-15)9-11-18(19)12-10-17/h3-6,10,12-14,23H,2,7-9,11H2,1H3/b20-14-. The van der Waals surface area contributed by atoms with Crippen LogP contribution in [0.3, 0.4) is 0 Å². The van der Waals surface area contributed by atoms with E-state index in [1.165, 1.54) is 11.1 Å². The molecule has 0 amide bonds. The number of aliphatic hydroxyl groups excluding tert-OH is 1. The van der Waals surface area contributed by atoms with Crippen LogP contribution in [0.5, 0.6) is 0 Å². The molecule has 134 valence electrons. The van der Waals surface area contributed by atoms with Crippen LogP contribution in [0, 0.1) is 0 Å². The van der Waals surface area contributed by atoms with Gasteiger partial charge in [0.15, 0.2) is 0 Å². The van der Waals surface area contributed by atoms with Crippen LogP contribution in [0.2, 0.25) is 0 Å². The summed E-state index contributed by atoms with van der Waals surface area (Å²) in [6.45, 7) is 1.75. The summed E-state index contributed by atoms with van der Waals surface area (Å²) in [7, 11) is 0. The molecule has 4 heteroatoms. The molecule has 2 aromatic rings. The molecule has 0 saturated carbocycles. The fraction of sp³-hybridized carbons (Fsp3) is 0.273. The lowest BCUT2D eigenvalue weighted by atomic mass is 9.92. The average Bonchev–Trinajstić information content (AvgIpc) is 2.64. The van der Waals surface area contributed by atoms with Gasteiger partial charge in [-0.05, 0) is 60.9 Å². The SMILES string of the molecule is CCOC(=O)C(=O)/C=C(\O)c1cc2ccc1CCc1ccc(cc1)CC2. The van der Waals surface area contributed by atoms with Crippen LogP contribution in [0.4, 0.5) is 0 Å². The van der Waals surface area contributed by atoms with Crippen LogP contribution in [-0.2, 0) is 40.0 Å². The highest BCUT2D eigenvalue weighted by atomic mass is 16.5. The summed E-state index contributed by atoms with van der Waals surface area (Å²) in [4.78, 5) is 23.4. The predicted octanol–water partition coefficient (Wildman–Crippen LogP) is 3.60. The Morgan fingerprint density at radius 2 is 1.54 bits per heavy atom. The van der Waals surface area contributed by atoms with E-state index in [0.29, 0.717) is 5.56 Å². The molecule has 0 heterocycles. The van der Waals surface area contributed by atoms with E-state index >= 15 is 0 Å². The Labute approximate surface area is 153 Å². The Morgan fingerprint density at radius 1 is 0.962 bits per heavy atom. The first-order chi connectivity index (χ1) is 12.6. The molecule has 26 heavy (non-hydrogen) atoms. The van der Waals surface area contributed by atoms with Crippen molar-refractivity contribution in [2.24, 2.45) is 0 Å². The molecule has 0 spiro atoms. The zero-order chi connectivity index (χ0) is 18.5. The first-order valence-electron chi connectivity index (χ1n) is 8.88. The third kappa shape index (κ3) is 4.20. The number of aliphatic hydroxyl groups is 1. The Bertz CT molecular complexity index is 847. The number of carbonyl (C=O) groups excluding carboxylic acids is 2. The minimum absolute atomic E-state index is 0.123. The van der Waals surface area contributed by atoms with Gasteiger partial charge in [0.2, 0.25) is 0 Å². The summed E-state index contributed by atoms with van der Waals surface area (Å²) >= 11 is 0. The number of hydrogen-bond acceptors (Lipinski definition) is 4. The molecular weight excluding hydrogens is 328 g/mol. The van der Waals surface area contributed by atoms with Gasteiger partial charge in [-0.3, -0.25) is 4.79 Å². The maximum Gasteiger partial charge on any atom is 0.379 e. The van der Waals surface area contributed by atoms with E-state index in [1.807, 2.05) is 12.1 Å². The van der Waals surface area contributed by atoms with Crippen molar-refractivity contribution in [2.45, 2.75) is 32.6 Å². The Balaban J connectivity index is 1.92. The summed E-state index contributed by atoms with van der Waals surface area (Å²) in [5.41, 5.74) is 5.14. The van der Waals surface area contributed by atoms with Crippen molar-refractivity contribution < 1.29 is 19.4 Å². The predicted molar refractivity (Wildman–Crippen MR) is 99.9 cm³/mol. The van der Waals surface area contributed by atoms with Gasteiger partial charge in [0.1, 0.15) is 5.76 Å². The molecule has 4 aliphatic rings. The van der Waals surface area contributed by atoms with Crippen molar-refractivity contribution in [1.82, 2.24) is 0 Å². The molecule has 0 aromatic heterocycles. The summed E-state index contributed by atoms with van der Waals surface area (Å²) in [6.07, 6.45) is 4.28. The molecule has 4 nitrogen and oxygen atoms in total. The highest BCUT2D eigenvalue weighted by molar-refractivity contribution is 6.39. The summed E-state index contributed by atoms with van der Waals surface area (Å²) in [5.74, 6) is -1.99. The van der Waals surface area contributed by atoms with Gasteiger partial charge in [-0.15, -0.1) is 0 Å². The molecular formula is C22H22O4. The molecule has 0 aliphatic heterocycles. The lowest BCUT2D eigenvalue weighted by Gasteiger charge is -2.14. The highest BCUT2D eigenvalue weighted by Crippen LogP contribution is 2.23. The third-order valence-electron chi connectivity index (χ3n) is 4.60. The zero-order valence-electron chi connectivity index (χ0n) is 14.8. The molecule has 4 bridgehead atoms. The molecule has 0 radical (unpaired) electrons. The number of aryl methyl sites for hydroxylation is 4. The lowest BCUT2D eigenvalue weighted by molar-refractivity contribution is -0.151. The summed E-state index contributed by atoms with van der Waals surface area (Å²) in [5, 5.41) is 10.5. The number of ether oxygens (including phenoxy) is 1. The topological polar surface area (TPSA) is 63.6 Å². The molecule has 4 aliphatic carbocycles. The fourth-order valence-corrected chi connectivity index (χ4v) is 3.14. The largest absolute Gasteiger partial charge is 0.507 e. The molecule has 6 rings (SSSR count). The number of ketones is 1. The first kappa shape index (κ1) is 17.9. The van der Waals surface area contributed by atoms with Crippen LogP contribution >= 0.6 is 0 Å². The monoisotopic (exact) mass is 350 g/mol. The van der Waals surface area contributed by atoms with Gasteiger partial charge in [-0.25, -0.2) is 4.79 Å². The Hall–Kier alpha value is -2.88.